The van der Waals surface area contributed by atoms with Crippen LogP contribution >= 0.6 is 0 Å². The molecule has 0 fully saturated rings. The molecule has 4 aromatic rings. The SMILES string of the molecule is CC(=O)Nc1cccc(C(C)N(Cc2ccccc2)C(=O)CCn2nnc3ccccc3c2=O)c1. The summed E-state index contributed by atoms with van der Waals surface area (Å²) in [5, 5.41) is 11.4. The maximum Gasteiger partial charge on any atom is 0.277 e. The molecule has 35 heavy (non-hydrogen) atoms. The van der Waals surface area contributed by atoms with E-state index >= 15 is 0 Å². The molecule has 0 saturated heterocycles. The van der Waals surface area contributed by atoms with Gasteiger partial charge >= 0.3 is 0 Å². The summed E-state index contributed by atoms with van der Waals surface area (Å²) in [6, 6.07) is 24.0. The molecular weight excluding hydrogens is 442 g/mol. The highest BCUT2D eigenvalue weighted by Gasteiger charge is 2.22. The Hall–Kier alpha value is -4.33. The number of amides is 2. The number of carbonyl (C=O) groups is 2. The second-order valence-electron chi connectivity index (χ2n) is 8.37. The molecule has 0 spiro atoms. The van der Waals surface area contributed by atoms with Crippen LogP contribution in [0, 0.1) is 0 Å². The van der Waals surface area contributed by atoms with Gasteiger partial charge in [0.15, 0.2) is 0 Å². The van der Waals surface area contributed by atoms with Crippen molar-refractivity contribution in [3.8, 4) is 0 Å². The molecule has 0 saturated carbocycles. The minimum Gasteiger partial charge on any atom is -0.332 e. The number of aryl methyl sites for hydroxylation is 1. The summed E-state index contributed by atoms with van der Waals surface area (Å²) < 4.78 is 1.24. The highest BCUT2D eigenvalue weighted by molar-refractivity contribution is 5.88. The summed E-state index contributed by atoms with van der Waals surface area (Å²) in [6.45, 7) is 3.94. The predicted molar refractivity (Wildman–Crippen MR) is 135 cm³/mol. The smallest absolute Gasteiger partial charge is 0.277 e. The van der Waals surface area contributed by atoms with Crippen LogP contribution < -0.4 is 10.9 Å². The van der Waals surface area contributed by atoms with Crippen LogP contribution in [0.15, 0.2) is 83.7 Å². The van der Waals surface area contributed by atoms with Gasteiger partial charge in [0, 0.05) is 25.6 Å². The summed E-state index contributed by atoms with van der Waals surface area (Å²) in [5.41, 5.74) is 2.82. The fourth-order valence-electron chi connectivity index (χ4n) is 4.00. The summed E-state index contributed by atoms with van der Waals surface area (Å²) in [6.07, 6.45) is 0.0927. The standard InChI is InChI=1S/C27H27N5O3/c1-19(22-11-8-12-23(17-22)28-20(2)33)31(18-21-9-4-3-5-10-21)26(34)15-16-32-27(35)24-13-6-7-14-25(24)29-30-32/h3-14,17,19H,15-16,18H2,1-2H3,(H,28,33). The highest BCUT2D eigenvalue weighted by atomic mass is 16.2. The number of aromatic nitrogens is 3. The molecule has 3 aromatic carbocycles. The molecule has 2 amide bonds. The highest BCUT2D eigenvalue weighted by Crippen LogP contribution is 2.26. The Morgan fingerprint density at radius 3 is 2.51 bits per heavy atom. The Kier molecular flexibility index (Phi) is 7.30. The first-order valence-electron chi connectivity index (χ1n) is 11.5. The number of hydrogen-bond donors (Lipinski definition) is 1. The number of rotatable bonds is 8. The first-order chi connectivity index (χ1) is 16.9. The molecule has 8 nitrogen and oxygen atoms in total. The number of nitrogens with zero attached hydrogens (tertiary/aromatic N) is 4. The van der Waals surface area contributed by atoms with Crippen molar-refractivity contribution in [2.45, 2.75) is 39.4 Å². The molecule has 1 N–H and O–H groups in total. The van der Waals surface area contributed by atoms with Crippen molar-refractivity contribution in [3.63, 3.8) is 0 Å². The van der Waals surface area contributed by atoms with E-state index in [1.165, 1.54) is 11.6 Å². The molecule has 8 heteroatoms. The number of anilines is 1. The van der Waals surface area contributed by atoms with Gasteiger partial charge in [0.2, 0.25) is 11.8 Å². The van der Waals surface area contributed by atoms with E-state index in [0.29, 0.717) is 23.1 Å². The van der Waals surface area contributed by atoms with Crippen LogP contribution in [0.1, 0.15) is 37.4 Å². The second kappa shape index (κ2) is 10.7. The van der Waals surface area contributed by atoms with Gasteiger partial charge in [0.1, 0.15) is 5.52 Å². The minimum absolute atomic E-state index is 0.0927. The molecule has 1 unspecified atom stereocenters. The van der Waals surface area contributed by atoms with Gasteiger partial charge in [-0.1, -0.05) is 59.8 Å². The average Bonchev–Trinajstić information content (AvgIpc) is 2.87. The van der Waals surface area contributed by atoms with Crippen molar-refractivity contribution in [3.05, 3.63) is 100 Å². The summed E-state index contributed by atoms with van der Waals surface area (Å²) in [7, 11) is 0. The normalized spacial score (nSPS) is 11.7. The van der Waals surface area contributed by atoms with Crippen LogP contribution in [0.2, 0.25) is 0 Å². The maximum atomic E-state index is 13.5. The third-order valence-corrected chi connectivity index (χ3v) is 5.84. The Balaban J connectivity index is 1.57. The summed E-state index contributed by atoms with van der Waals surface area (Å²) >= 11 is 0. The lowest BCUT2D eigenvalue weighted by Gasteiger charge is -2.30. The average molecular weight is 470 g/mol. The Labute approximate surface area is 203 Å². The quantitative estimate of drug-likeness (QED) is 0.422. The van der Waals surface area contributed by atoms with E-state index in [1.807, 2.05) is 61.5 Å². The Morgan fingerprint density at radius 2 is 1.74 bits per heavy atom. The van der Waals surface area contributed by atoms with Crippen LogP contribution in [0.4, 0.5) is 5.69 Å². The van der Waals surface area contributed by atoms with E-state index in [0.717, 1.165) is 11.1 Å². The molecule has 1 atom stereocenters. The van der Waals surface area contributed by atoms with E-state index in [-0.39, 0.29) is 36.4 Å². The molecule has 1 aromatic heterocycles. The second-order valence-corrected chi connectivity index (χ2v) is 8.37. The van der Waals surface area contributed by atoms with Crippen LogP contribution in [0.25, 0.3) is 10.9 Å². The number of fused-ring (bicyclic) bond motifs is 1. The molecule has 0 bridgehead atoms. The largest absolute Gasteiger partial charge is 0.332 e. The molecule has 0 aliphatic carbocycles. The van der Waals surface area contributed by atoms with Crippen LogP contribution in [-0.2, 0) is 22.7 Å². The number of carbonyl (C=O) groups excluding carboxylic acids is 2. The van der Waals surface area contributed by atoms with Gasteiger partial charge < -0.3 is 10.2 Å². The van der Waals surface area contributed by atoms with Crippen LogP contribution in [-0.4, -0.2) is 31.7 Å². The summed E-state index contributed by atoms with van der Waals surface area (Å²) in [4.78, 5) is 39.5. The van der Waals surface area contributed by atoms with Gasteiger partial charge in [-0.15, -0.1) is 5.10 Å². The zero-order valence-corrected chi connectivity index (χ0v) is 19.7. The van der Waals surface area contributed by atoms with Crippen molar-refractivity contribution in [1.29, 1.82) is 0 Å². The zero-order valence-electron chi connectivity index (χ0n) is 19.7. The first-order valence-corrected chi connectivity index (χ1v) is 11.5. The van der Waals surface area contributed by atoms with E-state index in [1.54, 1.807) is 29.2 Å². The van der Waals surface area contributed by atoms with Gasteiger partial charge in [-0.2, -0.15) is 0 Å². The van der Waals surface area contributed by atoms with Gasteiger partial charge in [-0.05, 0) is 42.3 Å². The summed E-state index contributed by atoms with van der Waals surface area (Å²) in [5.74, 6) is -0.276. The fraction of sp³-hybridized carbons (Fsp3) is 0.222. The zero-order chi connectivity index (χ0) is 24.8. The lowest BCUT2D eigenvalue weighted by Crippen LogP contribution is -2.35. The van der Waals surface area contributed by atoms with Crippen LogP contribution in [0.3, 0.4) is 0 Å². The van der Waals surface area contributed by atoms with Crippen molar-refractivity contribution in [2.24, 2.45) is 0 Å². The van der Waals surface area contributed by atoms with Gasteiger partial charge in [0.25, 0.3) is 5.56 Å². The molecule has 1 heterocycles. The molecule has 178 valence electrons. The Bertz CT molecular complexity index is 1400. The van der Waals surface area contributed by atoms with Crippen molar-refractivity contribution < 1.29 is 9.59 Å². The number of nitrogens with one attached hydrogen (secondary N) is 1. The number of hydrogen-bond acceptors (Lipinski definition) is 5. The van der Waals surface area contributed by atoms with Crippen molar-refractivity contribution >= 4 is 28.4 Å². The van der Waals surface area contributed by atoms with E-state index in [4.69, 9.17) is 0 Å². The fourth-order valence-corrected chi connectivity index (χ4v) is 4.00. The monoisotopic (exact) mass is 469 g/mol. The molecule has 0 aliphatic heterocycles. The van der Waals surface area contributed by atoms with E-state index in [2.05, 4.69) is 15.6 Å². The van der Waals surface area contributed by atoms with Crippen molar-refractivity contribution in [1.82, 2.24) is 19.9 Å². The van der Waals surface area contributed by atoms with Gasteiger partial charge in [-0.3, -0.25) is 14.4 Å². The van der Waals surface area contributed by atoms with E-state index in [9.17, 15) is 14.4 Å². The third kappa shape index (κ3) is 5.78. The van der Waals surface area contributed by atoms with Gasteiger partial charge in [-0.25, -0.2) is 4.68 Å². The first kappa shape index (κ1) is 23.8. The maximum absolute atomic E-state index is 13.5. The minimum atomic E-state index is -0.269. The molecule has 0 aliphatic rings. The molecule has 4 rings (SSSR count). The van der Waals surface area contributed by atoms with Crippen LogP contribution in [0.5, 0.6) is 0 Å². The molecular formula is C27H27N5O3. The van der Waals surface area contributed by atoms with Gasteiger partial charge in [0.05, 0.1) is 18.0 Å². The van der Waals surface area contributed by atoms with Crippen molar-refractivity contribution in [2.75, 3.05) is 5.32 Å². The Morgan fingerprint density at radius 1 is 1.00 bits per heavy atom. The number of benzene rings is 3. The van der Waals surface area contributed by atoms with E-state index < -0.39 is 0 Å². The topological polar surface area (TPSA) is 97.2 Å². The third-order valence-electron chi connectivity index (χ3n) is 5.84. The lowest BCUT2D eigenvalue weighted by atomic mass is 10.0. The predicted octanol–water partition coefficient (Wildman–Crippen LogP) is 3.93. The molecule has 0 radical (unpaired) electrons. The lowest BCUT2D eigenvalue weighted by molar-refractivity contribution is -0.134.